The van der Waals surface area contributed by atoms with Crippen LogP contribution in [0.4, 0.5) is 8.78 Å². The van der Waals surface area contributed by atoms with Gasteiger partial charge in [-0.1, -0.05) is 36.4 Å². The maximum Gasteiger partial charge on any atom is 0.226 e. The van der Waals surface area contributed by atoms with Gasteiger partial charge in [-0.2, -0.15) is 0 Å². The third kappa shape index (κ3) is 4.88. The van der Waals surface area contributed by atoms with Crippen molar-refractivity contribution >= 4 is 5.91 Å². The molecule has 2 aliphatic carbocycles. The second-order valence-electron chi connectivity index (χ2n) is 9.30. The molecule has 0 spiro atoms. The van der Waals surface area contributed by atoms with Gasteiger partial charge in [0.25, 0.3) is 0 Å². The lowest BCUT2D eigenvalue weighted by atomic mass is 9.96. The number of nitrogens with zero attached hydrogens (tertiary/aromatic N) is 1. The summed E-state index contributed by atoms with van der Waals surface area (Å²) in [5.41, 5.74) is 2.36. The van der Waals surface area contributed by atoms with Crippen LogP contribution in [0.25, 0.3) is 0 Å². The number of hydrogen-bond donors (Lipinski definition) is 4. The first-order chi connectivity index (χ1) is 16.5. The minimum atomic E-state index is -0.911. The first kappa shape index (κ1) is 22.7. The summed E-state index contributed by atoms with van der Waals surface area (Å²) >= 11 is 0. The van der Waals surface area contributed by atoms with Gasteiger partial charge in [-0.3, -0.25) is 4.79 Å². The molecule has 178 valence electrons. The minimum absolute atomic E-state index is 0.208. The fourth-order valence-corrected chi connectivity index (χ4v) is 4.82. The summed E-state index contributed by atoms with van der Waals surface area (Å²) in [4.78, 5) is 20.9. The average molecular weight is 467 g/mol. The Morgan fingerprint density at radius 1 is 1.06 bits per heavy atom. The Bertz CT molecular complexity index is 1150. The lowest BCUT2D eigenvalue weighted by molar-refractivity contribution is -0.127. The normalized spacial score (nSPS) is 24.3. The molecule has 6 nitrogen and oxygen atoms in total. The highest BCUT2D eigenvalue weighted by Crippen LogP contribution is 2.42. The van der Waals surface area contributed by atoms with E-state index in [0.717, 1.165) is 42.1 Å². The quantitative estimate of drug-likeness (QED) is 0.409. The van der Waals surface area contributed by atoms with Crippen LogP contribution in [0.3, 0.4) is 0 Å². The van der Waals surface area contributed by atoms with Crippen molar-refractivity contribution in [2.24, 2.45) is 5.92 Å². The maximum absolute atomic E-state index is 13.7. The molecule has 2 aromatic carbocycles. The molecule has 1 aromatic heterocycles. The van der Waals surface area contributed by atoms with Crippen LogP contribution in [0.1, 0.15) is 53.7 Å². The zero-order valence-corrected chi connectivity index (χ0v) is 18.7. The number of benzene rings is 2. The summed E-state index contributed by atoms with van der Waals surface area (Å²) < 4.78 is 26.9. The van der Waals surface area contributed by atoms with Gasteiger partial charge in [0.1, 0.15) is 5.82 Å². The molecule has 5 rings (SSSR count). The number of carbonyl (C=O) groups excluding carboxylic acids is 1. The SMILES string of the molecule is O=C(NCc1ccccc1)[C@H]1C[C@@H](NCc2ccc(F)c(F)c2)[C@H](c2cnc(C3CC3)[nH]2)[C@@H]1O. The minimum Gasteiger partial charge on any atom is -0.392 e. The number of nitrogens with one attached hydrogen (secondary N) is 3. The molecule has 4 atom stereocenters. The molecule has 0 saturated heterocycles. The molecule has 2 fully saturated rings. The molecule has 34 heavy (non-hydrogen) atoms. The van der Waals surface area contributed by atoms with Gasteiger partial charge < -0.3 is 20.7 Å². The Labute approximate surface area is 196 Å². The van der Waals surface area contributed by atoms with Crippen LogP contribution in [0.5, 0.6) is 0 Å². The number of aliphatic hydroxyl groups excluding tert-OH is 1. The van der Waals surface area contributed by atoms with Crippen molar-refractivity contribution < 1.29 is 18.7 Å². The third-order valence-electron chi connectivity index (χ3n) is 6.86. The van der Waals surface area contributed by atoms with E-state index in [1.165, 1.54) is 6.07 Å². The fourth-order valence-electron chi connectivity index (χ4n) is 4.82. The van der Waals surface area contributed by atoms with Crippen molar-refractivity contribution in [2.75, 3.05) is 0 Å². The molecule has 0 radical (unpaired) electrons. The summed E-state index contributed by atoms with van der Waals surface area (Å²) in [6.07, 6.45) is 3.45. The van der Waals surface area contributed by atoms with Gasteiger partial charge in [0.2, 0.25) is 5.91 Å². The molecule has 8 heteroatoms. The molecule has 3 aromatic rings. The zero-order chi connectivity index (χ0) is 23.7. The van der Waals surface area contributed by atoms with E-state index in [1.807, 2.05) is 30.3 Å². The Morgan fingerprint density at radius 2 is 1.85 bits per heavy atom. The van der Waals surface area contributed by atoms with Crippen molar-refractivity contribution in [3.8, 4) is 0 Å². The molecule has 2 aliphatic rings. The lowest BCUT2D eigenvalue weighted by Crippen LogP contribution is -2.36. The van der Waals surface area contributed by atoms with Crippen LogP contribution >= 0.6 is 0 Å². The molecule has 0 aliphatic heterocycles. The van der Waals surface area contributed by atoms with E-state index in [9.17, 15) is 18.7 Å². The number of aliphatic hydroxyl groups is 1. The highest BCUT2D eigenvalue weighted by molar-refractivity contribution is 5.80. The Hall–Kier alpha value is -3.10. The number of aromatic amines is 1. The number of carbonyl (C=O) groups is 1. The van der Waals surface area contributed by atoms with Crippen LogP contribution in [-0.4, -0.2) is 33.1 Å². The Kier molecular flexibility index (Phi) is 6.43. The van der Waals surface area contributed by atoms with Crippen molar-refractivity contribution in [2.45, 2.75) is 56.3 Å². The van der Waals surface area contributed by atoms with E-state index in [0.29, 0.717) is 24.4 Å². The van der Waals surface area contributed by atoms with E-state index in [-0.39, 0.29) is 24.4 Å². The number of aromatic nitrogens is 2. The summed E-state index contributed by atoms with van der Waals surface area (Å²) in [7, 11) is 0. The van der Waals surface area contributed by atoms with Crippen LogP contribution < -0.4 is 10.6 Å². The number of amides is 1. The van der Waals surface area contributed by atoms with E-state index < -0.39 is 23.7 Å². The molecule has 1 amide bonds. The van der Waals surface area contributed by atoms with E-state index >= 15 is 0 Å². The monoisotopic (exact) mass is 466 g/mol. The summed E-state index contributed by atoms with van der Waals surface area (Å²) in [6.45, 7) is 0.670. The standard InChI is InChI=1S/C26H28F2N4O2/c27-19-9-6-16(10-20(19)28)13-29-21-11-18(26(34)31-12-15-4-2-1-3-5-15)24(33)23(21)22-14-30-25(32-22)17-7-8-17/h1-6,9-10,14,17-18,21,23-24,29,33H,7-8,11-13H2,(H,30,32)(H,31,34)/t18-,21+,23+,24+/m0/s1. The summed E-state index contributed by atoms with van der Waals surface area (Å²) in [6, 6.07) is 13.2. The van der Waals surface area contributed by atoms with Gasteiger partial charge in [-0.15, -0.1) is 0 Å². The van der Waals surface area contributed by atoms with Crippen molar-refractivity contribution in [1.82, 2.24) is 20.6 Å². The molecular formula is C26H28F2N4O2. The summed E-state index contributed by atoms with van der Waals surface area (Å²) in [5, 5.41) is 17.5. The van der Waals surface area contributed by atoms with Crippen LogP contribution in [0.2, 0.25) is 0 Å². The molecule has 4 N–H and O–H groups in total. The number of rotatable bonds is 8. The second-order valence-corrected chi connectivity index (χ2v) is 9.30. The average Bonchev–Trinajstić information content (AvgIpc) is 3.49. The molecule has 1 heterocycles. The highest BCUT2D eigenvalue weighted by atomic mass is 19.2. The molecular weight excluding hydrogens is 438 g/mol. The lowest BCUT2D eigenvalue weighted by Gasteiger charge is -2.22. The number of H-pyrrole nitrogens is 1. The topological polar surface area (TPSA) is 90.0 Å². The third-order valence-corrected chi connectivity index (χ3v) is 6.86. The van der Waals surface area contributed by atoms with Gasteiger partial charge in [0, 0.05) is 42.9 Å². The first-order valence-corrected chi connectivity index (χ1v) is 11.7. The van der Waals surface area contributed by atoms with Gasteiger partial charge in [-0.05, 0) is 42.5 Å². The van der Waals surface area contributed by atoms with E-state index in [4.69, 9.17) is 0 Å². The van der Waals surface area contributed by atoms with E-state index in [2.05, 4.69) is 20.6 Å². The molecule has 0 unspecified atom stereocenters. The van der Waals surface area contributed by atoms with Crippen LogP contribution in [0.15, 0.2) is 54.7 Å². The largest absolute Gasteiger partial charge is 0.392 e. The second kappa shape index (κ2) is 9.64. The van der Waals surface area contributed by atoms with Gasteiger partial charge in [-0.25, -0.2) is 13.8 Å². The van der Waals surface area contributed by atoms with Gasteiger partial charge in [0.05, 0.1) is 12.0 Å². The zero-order valence-electron chi connectivity index (χ0n) is 18.7. The van der Waals surface area contributed by atoms with Crippen LogP contribution in [0, 0.1) is 17.6 Å². The summed E-state index contributed by atoms with van der Waals surface area (Å²) in [5.74, 6) is -1.63. The first-order valence-electron chi connectivity index (χ1n) is 11.7. The molecule has 2 saturated carbocycles. The maximum atomic E-state index is 13.7. The van der Waals surface area contributed by atoms with Gasteiger partial charge in [0.15, 0.2) is 11.6 Å². The highest BCUT2D eigenvalue weighted by Gasteiger charge is 2.47. The predicted molar refractivity (Wildman–Crippen MR) is 123 cm³/mol. The van der Waals surface area contributed by atoms with Crippen molar-refractivity contribution in [3.05, 3.63) is 89.0 Å². The number of halogens is 2. The number of imidazole rings is 1. The van der Waals surface area contributed by atoms with E-state index in [1.54, 1.807) is 6.20 Å². The van der Waals surface area contributed by atoms with Crippen molar-refractivity contribution in [1.29, 1.82) is 0 Å². The predicted octanol–water partition coefficient (Wildman–Crippen LogP) is 3.50. The Balaban J connectivity index is 1.32. The van der Waals surface area contributed by atoms with Crippen LogP contribution in [-0.2, 0) is 17.9 Å². The van der Waals surface area contributed by atoms with Crippen molar-refractivity contribution in [3.63, 3.8) is 0 Å². The smallest absolute Gasteiger partial charge is 0.226 e. The fraction of sp³-hybridized carbons (Fsp3) is 0.385. The number of hydrogen-bond acceptors (Lipinski definition) is 4. The molecule has 0 bridgehead atoms. The Morgan fingerprint density at radius 3 is 2.59 bits per heavy atom. The van der Waals surface area contributed by atoms with Gasteiger partial charge >= 0.3 is 0 Å².